The summed E-state index contributed by atoms with van der Waals surface area (Å²) in [6.45, 7) is 5.62. The number of hydrogen-bond acceptors (Lipinski definition) is 6. The first-order chi connectivity index (χ1) is 13.2. The number of nitrogens with two attached hydrogens (primary N) is 1. The van der Waals surface area contributed by atoms with Gasteiger partial charge in [-0.05, 0) is 37.1 Å². The number of anilines is 2. The summed E-state index contributed by atoms with van der Waals surface area (Å²) in [6, 6.07) is 8.30. The SMILES string of the molecule is CCCCCCCNCc1cccc(OCCCNc2nc(N)nn2C)c1. The number of ether oxygens (including phenoxy) is 1. The summed E-state index contributed by atoms with van der Waals surface area (Å²) < 4.78 is 7.49. The van der Waals surface area contributed by atoms with Gasteiger partial charge in [-0.1, -0.05) is 44.7 Å². The monoisotopic (exact) mass is 374 g/mol. The van der Waals surface area contributed by atoms with Crippen LogP contribution in [-0.2, 0) is 13.6 Å². The van der Waals surface area contributed by atoms with E-state index in [0.717, 1.165) is 31.8 Å². The van der Waals surface area contributed by atoms with Gasteiger partial charge in [0.25, 0.3) is 0 Å². The Kier molecular flexibility index (Phi) is 9.48. The second-order valence-corrected chi connectivity index (χ2v) is 6.78. The van der Waals surface area contributed by atoms with E-state index in [9.17, 15) is 0 Å². The zero-order valence-corrected chi connectivity index (χ0v) is 16.7. The van der Waals surface area contributed by atoms with E-state index in [1.807, 2.05) is 19.2 Å². The molecule has 2 rings (SSSR count). The normalized spacial score (nSPS) is 10.9. The molecule has 1 heterocycles. The summed E-state index contributed by atoms with van der Waals surface area (Å²) in [4.78, 5) is 4.10. The van der Waals surface area contributed by atoms with E-state index in [4.69, 9.17) is 10.5 Å². The molecule has 7 heteroatoms. The lowest BCUT2D eigenvalue weighted by molar-refractivity contribution is 0.314. The van der Waals surface area contributed by atoms with Crippen molar-refractivity contribution in [3.8, 4) is 5.75 Å². The molecular weight excluding hydrogens is 340 g/mol. The summed E-state index contributed by atoms with van der Waals surface area (Å²) in [7, 11) is 1.81. The minimum absolute atomic E-state index is 0.280. The highest BCUT2D eigenvalue weighted by Crippen LogP contribution is 2.14. The maximum absolute atomic E-state index is 5.86. The predicted molar refractivity (Wildman–Crippen MR) is 111 cm³/mol. The lowest BCUT2D eigenvalue weighted by Gasteiger charge is -2.10. The first kappa shape index (κ1) is 21.0. The zero-order valence-electron chi connectivity index (χ0n) is 16.7. The van der Waals surface area contributed by atoms with E-state index in [2.05, 4.69) is 39.8 Å². The van der Waals surface area contributed by atoms with Crippen LogP contribution in [0, 0.1) is 0 Å². The molecule has 2 aromatic rings. The quantitative estimate of drug-likeness (QED) is 0.439. The number of aromatic nitrogens is 3. The molecule has 0 spiro atoms. The Morgan fingerprint density at radius 1 is 1.11 bits per heavy atom. The zero-order chi connectivity index (χ0) is 19.3. The second-order valence-electron chi connectivity index (χ2n) is 6.78. The molecule has 27 heavy (non-hydrogen) atoms. The highest BCUT2D eigenvalue weighted by Gasteiger charge is 2.03. The number of hydrogen-bond donors (Lipinski definition) is 3. The van der Waals surface area contributed by atoms with Crippen LogP contribution < -0.4 is 21.1 Å². The molecule has 1 aromatic carbocycles. The van der Waals surface area contributed by atoms with Crippen LogP contribution in [0.3, 0.4) is 0 Å². The molecule has 0 aliphatic carbocycles. The molecule has 0 saturated heterocycles. The molecule has 0 radical (unpaired) electrons. The minimum Gasteiger partial charge on any atom is -0.494 e. The highest BCUT2D eigenvalue weighted by atomic mass is 16.5. The van der Waals surface area contributed by atoms with E-state index in [1.165, 1.54) is 37.7 Å². The van der Waals surface area contributed by atoms with E-state index in [1.54, 1.807) is 4.68 Å². The van der Waals surface area contributed by atoms with Crippen molar-refractivity contribution in [2.75, 3.05) is 30.7 Å². The van der Waals surface area contributed by atoms with Crippen molar-refractivity contribution in [1.82, 2.24) is 20.1 Å². The third kappa shape index (κ3) is 8.30. The van der Waals surface area contributed by atoms with E-state index >= 15 is 0 Å². The number of benzene rings is 1. The average Bonchev–Trinajstić information content (AvgIpc) is 2.98. The molecule has 4 N–H and O–H groups in total. The van der Waals surface area contributed by atoms with Gasteiger partial charge in [0.2, 0.25) is 11.9 Å². The topological polar surface area (TPSA) is 90.0 Å². The van der Waals surface area contributed by atoms with Gasteiger partial charge >= 0.3 is 0 Å². The summed E-state index contributed by atoms with van der Waals surface area (Å²) in [5.74, 6) is 1.87. The number of unbranched alkanes of at least 4 members (excludes halogenated alkanes) is 4. The molecular formula is C20H34N6O. The summed E-state index contributed by atoms with van der Waals surface area (Å²) in [6.07, 6.45) is 7.43. The largest absolute Gasteiger partial charge is 0.494 e. The van der Waals surface area contributed by atoms with Crippen LogP contribution in [-0.4, -0.2) is 34.5 Å². The number of nitrogens with zero attached hydrogens (tertiary/aromatic N) is 3. The Hall–Kier alpha value is -2.28. The van der Waals surface area contributed by atoms with Crippen LogP contribution in [0.25, 0.3) is 0 Å². The molecule has 0 amide bonds. The minimum atomic E-state index is 0.280. The number of rotatable bonds is 14. The molecule has 0 fully saturated rings. The fourth-order valence-electron chi connectivity index (χ4n) is 2.85. The molecule has 0 bridgehead atoms. The van der Waals surface area contributed by atoms with Crippen molar-refractivity contribution < 1.29 is 4.74 Å². The smallest absolute Gasteiger partial charge is 0.241 e. The van der Waals surface area contributed by atoms with E-state index < -0.39 is 0 Å². The van der Waals surface area contributed by atoms with Gasteiger partial charge in [-0.3, -0.25) is 0 Å². The molecule has 0 atom stereocenters. The van der Waals surface area contributed by atoms with Gasteiger partial charge in [0.1, 0.15) is 5.75 Å². The fourth-order valence-corrected chi connectivity index (χ4v) is 2.85. The van der Waals surface area contributed by atoms with Crippen molar-refractivity contribution in [2.45, 2.75) is 52.0 Å². The van der Waals surface area contributed by atoms with Crippen molar-refractivity contribution in [3.63, 3.8) is 0 Å². The molecule has 0 aliphatic heterocycles. The van der Waals surface area contributed by atoms with Gasteiger partial charge in [-0.15, -0.1) is 5.10 Å². The maximum atomic E-state index is 5.86. The van der Waals surface area contributed by atoms with Crippen LogP contribution in [0.1, 0.15) is 51.0 Å². The summed E-state index contributed by atoms with van der Waals surface area (Å²) in [5.41, 5.74) is 6.82. The van der Waals surface area contributed by atoms with Crippen molar-refractivity contribution in [3.05, 3.63) is 29.8 Å². The molecule has 0 unspecified atom stereocenters. The van der Waals surface area contributed by atoms with Gasteiger partial charge < -0.3 is 21.1 Å². The third-order valence-electron chi connectivity index (χ3n) is 4.34. The van der Waals surface area contributed by atoms with Crippen molar-refractivity contribution in [1.29, 1.82) is 0 Å². The lowest BCUT2D eigenvalue weighted by atomic mass is 10.1. The van der Waals surface area contributed by atoms with Gasteiger partial charge in [-0.2, -0.15) is 4.98 Å². The standard InChI is InChI=1S/C20H34N6O/c1-3-4-5-6-7-12-22-16-17-10-8-11-18(15-17)27-14-9-13-23-20-24-19(21)25-26(20)2/h8,10-11,15,22H,3-7,9,12-14,16H2,1-2H3,(H3,21,23,24,25). The van der Waals surface area contributed by atoms with Crippen LogP contribution in [0.15, 0.2) is 24.3 Å². The van der Waals surface area contributed by atoms with E-state index in [0.29, 0.717) is 12.6 Å². The average molecular weight is 375 g/mol. The van der Waals surface area contributed by atoms with Crippen LogP contribution in [0.4, 0.5) is 11.9 Å². The number of nitrogen functional groups attached to an aromatic ring is 1. The summed E-state index contributed by atoms with van der Waals surface area (Å²) >= 11 is 0. The fraction of sp³-hybridized carbons (Fsp3) is 0.600. The van der Waals surface area contributed by atoms with Crippen LogP contribution in [0.5, 0.6) is 5.75 Å². The van der Waals surface area contributed by atoms with Gasteiger partial charge in [0, 0.05) is 20.1 Å². The Morgan fingerprint density at radius 3 is 2.74 bits per heavy atom. The highest BCUT2D eigenvalue weighted by molar-refractivity contribution is 5.31. The number of aryl methyl sites for hydroxylation is 1. The summed E-state index contributed by atoms with van der Waals surface area (Å²) in [5, 5.41) is 10.7. The van der Waals surface area contributed by atoms with Crippen molar-refractivity contribution in [2.24, 2.45) is 7.05 Å². The van der Waals surface area contributed by atoms with Gasteiger partial charge in [0.05, 0.1) is 6.61 Å². The Bertz CT molecular complexity index is 658. The van der Waals surface area contributed by atoms with Crippen LogP contribution in [0.2, 0.25) is 0 Å². The lowest BCUT2D eigenvalue weighted by Crippen LogP contribution is -2.14. The molecule has 150 valence electrons. The molecule has 0 aliphatic rings. The third-order valence-corrected chi connectivity index (χ3v) is 4.34. The van der Waals surface area contributed by atoms with Gasteiger partial charge in [0.15, 0.2) is 0 Å². The molecule has 1 aromatic heterocycles. The first-order valence-electron chi connectivity index (χ1n) is 10.0. The molecule has 7 nitrogen and oxygen atoms in total. The first-order valence-corrected chi connectivity index (χ1v) is 10.0. The predicted octanol–water partition coefficient (Wildman–Crippen LogP) is 3.34. The van der Waals surface area contributed by atoms with E-state index in [-0.39, 0.29) is 5.95 Å². The Morgan fingerprint density at radius 2 is 1.96 bits per heavy atom. The van der Waals surface area contributed by atoms with Gasteiger partial charge in [-0.25, -0.2) is 4.68 Å². The molecule has 0 saturated carbocycles. The Balaban J connectivity index is 1.58. The number of nitrogens with one attached hydrogen (secondary N) is 2. The maximum Gasteiger partial charge on any atom is 0.241 e. The second kappa shape index (κ2) is 12.2. The Labute approximate surface area is 162 Å². The van der Waals surface area contributed by atoms with Crippen molar-refractivity contribution >= 4 is 11.9 Å². The van der Waals surface area contributed by atoms with Crippen LogP contribution >= 0.6 is 0 Å².